The smallest absolute Gasteiger partial charge is 0.511 e. The van der Waals surface area contributed by atoms with Crippen molar-refractivity contribution in [2.75, 3.05) is 11.8 Å². The Balaban J connectivity index is 2.29. The fourth-order valence-electron chi connectivity index (χ4n) is 1.81. The van der Waals surface area contributed by atoms with Crippen LogP contribution in [0.15, 0.2) is 35.5 Å². The number of esters is 1. The lowest BCUT2D eigenvalue weighted by molar-refractivity contribution is 0.0595. The first kappa shape index (κ1) is 19.6. The van der Waals surface area contributed by atoms with E-state index in [9.17, 15) is 22.0 Å². The van der Waals surface area contributed by atoms with E-state index in [0.717, 1.165) is 25.4 Å². The van der Waals surface area contributed by atoms with E-state index in [-0.39, 0.29) is 5.75 Å². The van der Waals surface area contributed by atoms with Gasteiger partial charge in [0.25, 0.3) is 10.0 Å². The molecule has 0 spiro atoms. The van der Waals surface area contributed by atoms with E-state index in [0.29, 0.717) is 12.1 Å². The van der Waals surface area contributed by atoms with Crippen LogP contribution in [-0.4, -0.2) is 43.9 Å². The molecule has 2 aromatic rings. The predicted octanol–water partition coefficient (Wildman–Crippen LogP) is 0.295. The first-order chi connectivity index (χ1) is 12.1. The number of hydrogen-bond acceptors (Lipinski definition) is 8. The number of benzene rings is 1. The molecule has 13 heteroatoms. The summed E-state index contributed by atoms with van der Waals surface area (Å²) in [7, 11) is -5.55. The Bertz CT molecular complexity index is 923. The Kier molecular flexibility index (Phi) is 5.74. The van der Waals surface area contributed by atoms with E-state index in [4.69, 9.17) is 10.0 Å². The van der Waals surface area contributed by atoms with Gasteiger partial charge in [-0.1, -0.05) is 0 Å². The topological polar surface area (TPSA) is 135 Å². The van der Waals surface area contributed by atoms with Crippen molar-refractivity contribution in [3.8, 4) is 5.75 Å². The van der Waals surface area contributed by atoms with E-state index in [1.54, 1.807) is 4.72 Å². The molecule has 138 valence electrons. The summed E-state index contributed by atoms with van der Waals surface area (Å²) in [6.45, 7) is 0. The van der Waals surface area contributed by atoms with Gasteiger partial charge in [0.15, 0.2) is 5.03 Å². The van der Waals surface area contributed by atoms with Gasteiger partial charge in [-0.2, -0.15) is 8.42 Å². The monoisotopic (exact) mass is 388 g/mol. The predicted molar refractivity (Wildman–Crippen MR) is 83.6 cm³/mol. The second kappa shape index (κ2) is 7.64. The maximum absolute atomic E-state index is 14.0. The summed E-state index contributed by atoms with van der Waals surface area (Å²) in [6.07, 6.45) is 0.880. The van der Waals surface area contributed by atoms with Crippen LogP contribution in [0.25, 0.3) is 0 Å². The zero-order chi connectivity index (χ0) is 19.5. The number of sulfonamides is 1. The molecular formula is C13H11BF2N2O7S. The van der Waals surface area contributed by atoms with E-state index < -0.39 is 51.2 Å². The Labute approximate surface area is 146 Å². The van der Waals surface area contributed by atoms with Gasteiger partial charge in [-0.25, -0.2) is 18.6 Å². The van der Waals surface area contributed by atoms with E-state index in [1.165, 1.54) is 0 Å². The normalized spacial score (nSPS) is 11.0. The standard InChI is InChI=1S/C13H11BF2N2O7S/c1-24-13(19)8-4-10(16)11(5-9(8)15)18-26(22,23)12-3-2-7(6-17-12)25-14(20)21/h2-6,18,20-21H,1H3. The summed E-state index contributed by atoms with van der Waals surface area (Å²) in [6, 6.07) is 2.99. The number of nitrogens with zero attached hydrogens (tertiary/aromatic N) is 1. The van der Waals surface area contributed by atoms with Crippen molar-refractivity contribution in [1.82, 2.24) is 4.98 Å². The number of halogens is 2. The second-order valence-corrected chi connectivity index (χ2v) is 6.31. The van der Waals surface area contributed by atoms with Crippen LogP contribution < -0.4 is 9.38 Å². The zero-order valence-corrected chi connectivity index (χ0v) is 13.8. The van der Waals surface area contributed by atoms with Crippen LogP contribution in [0.1, 0.15) is 10.4 Å². The van der Waals surface area contributed by atoms with Crippen LogP contribution in [0, 0.1) is 11.6 Å². The van der Waals surface area contributed by atoms with Crippen molar-refractivity contribution in [1.29, 1.82) is 0 Å². The highest BCUT2D eigenvalue weighted by Gasteiger charge is 2.22. The van der Waals surface area contributed by atoms with Gasteiger partial charge in [0.05, 0.1) is 24.6 Å². The number of pyridine rings is 1. The molecule has 0 aliphatic rings. The molecule has 0 saturated heterocycles. The van der Waals surface area contributed by atoms with E-state index in [2.05, 4.69) is 14.4 Å². The summed E-state index contributed by atoms with van der Waals surface area (Å²) in [4.78, 5) is 14.8. The van der Waals surface area contributed by atoms with E-state index >= 15 is 0 Å². The number of rotatable bonds is 6. The van der Waals surface area contributed by atoms with Crippen LogP contribution in [0.2, 0.25) is 0 Å². The zero-order valence-electron chi connectivity index (χ0n) is 13.0. The number of carbonyl (C=O) groups excluding carboxylic acids is 1. The Morgan fingerprint density at radius 2 is 1.92 bits per heavy atom. The number of hydrogen-bond donors (Lipinski definition) is 3. The molecular weight excluding hydrogens is 377 g/mol. The average Bonchev–Trinajstić information content (AvgIpc) is 2.57. The second-order valence-electron chi connectivity index (χ2n) is 4.69. The highest BCUT2D eigenvalue weighted by atomic mass is 32.2. The lowest BCUT2D eigenvalue weighted by Crippen LogP contribution is -2.21. The highest BCUT2D eigenvalue weighted by molar-refractivity contribution is 7.92. The maximum Gasteiger partial charge on any atom is 0.707 e. The molecule has 1 aromatic heterocycles. The van der Waals surface area contributed by atoms with Crippen LogP contribution in [0.4, 0.5) is 14.5 Å². The molecule has 9 nitrogen and oxygen atoms in total. The minimum atomic E-state index is -4.40. The van der Waals surface area contributed by atoms with Gasteiger partial charge in [0.2, 0.25) is 0 Å². The van der Waals surface area contributed by atoms with Gasteiger partial charge < -0.3 is 19.4 Å². The van der Waals surface area contributed by atoms with Gasteiger partial charge in [0, 0.05) is 6.07 Å². The number of methoxy groups -OCH3 is 1. The molecule has 0 bridgehead atoms. The molecule has 2 rings (SSSR count). The van der Waals surface area contributed by atoms with Crippen LogP contribution in [0.5, 0.6) is 5.75 Å². The van der Waals surface area contributed by atoms with Crippen molar-refractivity contribution in [3.05, 3.63) is 47.7 Å². The quantitative estimate of drug-likeness (QED) is 0.475. The Hall–Kier alpha value is -2.77. The number of ether oxygens (including phenoxy) is 1. The number of carbonyl (C=O) groups is 1. The minimum absolute atomic E-state index is 0.140. The highest BCUT2D eigenvalue weighted by Crippen LogP contribution is 2.23. The molecule has 0 fully saturated rings. The Morgan fingerprint density at radius 1 is 1.23 bits per heavy atom. The summed E-state index contributed by atoms with van der Waals surface area (Å²) in [5.41, 5.74) is -1.45. The van der Waals surface area contributed by atoms with Crippen LogP contribution in [0.3, 0.4) is 0 Å². The van der Waals surface area contributed by atoms with E-state index in [1.807, 2.05) is 0 Å². The van der Waals surface area contributed by atoms with Crippen LogP contribution >= 0.6 is 0 Å². The number of aromatic nitrogens is 1. The van der Waals surface area contributed by atoms with Crippen LogP contribution in [-0.2, 0) is 14.8 Å². The molecule has 0 aliphatic carbocycles. The van der Waals surface area contributed by atoms with Gasteiger partial charge in [-0.05, 0) is 18.2 Å². The Morgan fingerprint density at radius 3 is 2.46 bits per heavy atom. The van der Waals surface area contributed by atoms with Crippen molar-refractivity contribution >= 4 is 29.0 Å². The van der Waals surface area contributed by atoms with Crippen molar-refractivity contribution in [2.24, 2.45) is 0 Å². The molecule has 0 atom stereocenters. The molecule has 0 amide bonds. The third kappa shape index (κ3) is 4.44. The third-order valence-corrected chi connectivity index (χ3v) is 4.21. The molecule has 0 unspecified atom stereocenters. The first-order valence-electron chi connectivity index (χ1n) is 6.73. The third-order valence-electron chi connectivity index (χ3n) is 2.93. The maximum atomic E-state index is 14.0. The van der Waals surface area contributed by atoms with Gasteiger partial charge >= 0.3 is 13.3 Å². The lowest BCUT2D eigenvalue weighted by Gasteiger charge is -2.11. The number of nitrogens with one attached hydrogen (secondary N) is 1. The van der Waals surface area contributed by atoms with Gasteiger partial charge in [0.1, 0.15) is 17.4 Å². The fraction of sp³-hybridized carbons (Fsp3) is 0.0769. The molecule has 0 saturated carbocycles. The number of anilines is 1. The molecule has 0 radical (unpaired) electrons. The molecule has 3 N–H and O–H groups in total. The minimum Gasteiger partial charge on any atom is -0.511 e. The summed E-state index contributed by atoms with van der Waals surface area (Å²) >= 11 is 0. The fourth-order valence-corrected chi connectivity index (χ4v) is 2.79. The largest absolute Gasteiger partial charge is 0.707 e. The van der Waals surface area contributed by atoms with Crippen molar-refractivity contribution < 1.29 is 41.4 Å². The SMILES string of the molecule is COC(=O)c1cc(F)c(NS(=O)(=O)c2ccc(OB(O)O)cn2)cc1F. The van der Waals surface area contributed by atoms with Crippen molar-refractivity contribution in [3.63, 3.8) is 0 Å². The summed E-state index contributed by atoms with van der Waals surface area (Å²) in [5, 5.41) is 16.7. The first-order valence-corrected chi connectivity index (χ1v) is 8.21. The summed E-state index contributed by atoms with van der Waals surface area (Å²) in [5.74, 6) is -3.67. The lowest BCUT2D eigenvalue weighted by atomic mass is 10.2. The van der Waals surface area contributed by atoms with Gasteiger partial charge in [-0.15, -0.1) is 0 Å². The summed E-state index contributed by atoms with van der Waals surface area (Å²) < 4.78 is 62.7. The molecule has 26 heavy (non-hydrogen) atoms. The molecule has 0 aliphatic heterocycles. The molecule has 1 heterocycles. The van der Waals surface area contributed by atoms with Gasteiger partial charge in [-0.3, -0.25) is 4.72 Å². The molecule has 1 aromatic carbocycles. The van der Waals surface area contributed by atoms with Crippen molar-refractivity contribution in [2.45, 2.75) is 5.03 Å². The average molecular weight is 388 g/mol.